The molecule has 0 saturated heterocycles. The lowest BCUT2D eigenvalue weighted by Crippen LogP contribution is -2.33. The number of thioether (sulfide) groups is 1. The molecule has 1 aromatic carbocycles. The Morgan fingerprint density at radius 1 is 1.14 bits per heavy atom. The topological polar surface area (TPSA) is 32.9 Å². The summed E-state index contributed by atoms with van der Waals surface area (Å²) >= 11 is 3.41. The van der Waals surface area contributed by atoms with Crippen LogP contribution in [0.25, 0.3) is 0 Å². The van der Waals surface area contributed by atoms with Crippen molar-refractivity contribution in [3.63, 3.8) is 0 Å². The van der Waals surface area contributed by atoms with Crippen molar-refractivity contribution in [3.8, 4) is 0 Å². The van der Waals surface area contributed by atoms with Gasteiger partial charge in [-0.15, -0.1) is 11.8 Å². The zero-order valence-corrected chi connectivity index (χ0v) is 14.2. The van der Waals surface area contributed by atoms with Gasteiger partial charge in [0.05, 0.1) is 5.03 Å². The van der Waals surface area contributed by atoms with Gasteiger partial charge in [0.25, 0.3) is 0 Å². The molecule has 4 heteroatoms. The van der Waals surface area contributed by atoms with E-state index in [0.29, 0.717) is 11.2 Å². The summed E-state index contributed by atoms with van der Waals surface area (Å²) in [6, 6.07) is 9.00. The smallest absolute Gasteiger partial charge is 0.305 e. The first-order valence-electron chi connectivity index (χ1n) is 8.17. The summed E-state index contributed by atoms with van der Waals surface area (Å²) in [5, 5.41) is 1.87. The molecule has 2 bridgehead atoms. The van der Waals surface area contributed by atoms with E-state index in [1.807, 2.05) is 11.8 Å². The highest BCUT2D eigenvalue weighted by Gasteiger charge is 2.54. The van der Waals surface area contributed by atoms with Gasteiger partial charge in [-0.2, -0.15) is 0 Å². The molecule has 22 heavy (non-hydrogen) atoms. The molecule has 1 aromatic heterocycles. The maximum atomic E-state index is 11.9. The summed E-state index contributed by atoms with van der Waals surface area (Å²) in [6.07, 6.45) is 4.19. The minimum atomic E-state index is 0.113. The van der Waals surface area contributed by atoms with Crippen LogP contribution < -0.4 is 4.87 Å². The predicted molar refractivity (Wildman–Crippen MR) is 91.9 cm³/mol. The number of nitrogens with one attached hydrogen (secondary N) is 1. The normalized spacial score (nSPS) is 35.4. The average Bonchev–Trinajstić information content (AvgIpc) is 3.19. The van der Waals surface area contributed by atoms with E-state index in [2.05, 4.69) is 36.2 Å². The fourth-order valence-corrected chi connectivity index (χ4v) is 7.89. The Hall–Kier alpha value is -1.000. The first kappa shape index (κ1) is 13.4. The lowest BCUT2D eigenvalue weighted by Gasteiger charge is -2.40. The molecule has 114 valence electrons. The molecule has 5 atom stereocenters. The first-order valence-corrected chi connectivity index (χ1v) is 9.86. The van der Waals surface area contributed by atoms with Crippen molar-refractivity contribution in [1.82, 2.24) is 4.98 Å². The molecule has 2 aromatic rings. The molecule has 2 saturated carbocycles. The highest BCUT2D eigenvalue weighted by Crippen LogP contribution is 2.63. The highest BCUT2D eigenvalue weighted by atomic mass is 32.2. The molecule has 2 heterocycles. The third-order valence-corrected chi connectivity index (χ3v) is 8.53. The number of aromatic nitrogens is 1. The molecular formula is C18H19NOS2. The Bertz CT molecular complexity index is 775. The first-order chi connectivity index (χ1) is 10.7. The predicted octanol–water partition coefficient (Wildman–Crippen LogP) is 4.40. The molecule has 2 fully saturated rings. The van der Waals surface area contributed by atoms with Crippen LogP contribution in [0.4, 0.5) is 0 Å². The van der Waals surface area contributed by atoms with Crippen LogP contribution in [0, 0.1) is 24.7 Å². The fraction of sp³-hybridized carbons (Fsp3) is 0.500. The molecular weight excluding hydrogens is 310 g/mol. The largest absolute Gasteiger partial charge is 0.307 e. The van der Waals surface area contributed by atoms with Crippen molar-refractivity contribution in [2.75, 3.05) is 0 Å². The second kappa shape index (κ2) is 4.75. The number of hydrogen-bond donors (Lipinski definition) is 1. The van der Waals surface area contributed by atoms with Gasteiger partial charge in [0.1, 0.15) is 0 Å². The molecule has 0 radical (unpaired) electrons. The Kier molecular flexibility index (Phi) is 2.90. The summed E-state index contributed by atoms with van der Waals surface area (Å²) in [5.74, 6) is 2.88. The van der Waals surface area contributed by atoms with Gasteiger partial charge in [-0.3, -0.25) is 4.79 Å². The van der Waals surface area contributed by atoms with E-state index in [0.717, 1.165) is 22.8 Å². The third-order valence-electron chi connectivity index (χ3n) is 5.90. The number of thiazole rings is 1. The van der Waals surface area contributed by atoms with Crippen molar-refractivity contribution in [2.45, 2.75) is 42.4 Å². The summed E-state index contributed by atoms with van der Waals surface area (Å²) in [7, 11) is 0. The van der Waals surface area contributed by atoms with Gasteiger partial charge in [0.2, 0.25) is 0 Å². The summed E-state index contributed by atoms with van der Waals surface area (Å²) < 4.78 is 0. The maximum absolute atomic E-state index is 11.9. The molecule has 0 amide bonds. The number of H-pyrrole nitrogens is 1. The second-order valence-electron chi connectivity index (χ2n) is 7.09. The highest BCUT2D eigenvalue weighted by molar-refractivity contribution is 8.00. The van der Waals surface area contributed by atoms with Crippen LogP contribution in [0.5, 0.6) is 0 Å². The molecule has 5 rings (SSSR count). The lowest BCUT2D eigenvalue weighted by molar-refractivity contribution is 0.307. The van der Waals surface area contributed by atoms with Gasteiger partial charge in [-0.05, 0) is 49.5 Å². The molecule has 1 aliphatic heterocycles. The van der Waals surface area contributed by atoms with Gasteiger partial charge in [0, 0.05) is 16.0 Å². The Morgan fingerprint density at radius 3 is 2.73 bits per heavy atom. The molecule has 1 N–H and O–H groups in total. The molecule has 0 spiro atoms. The minimum Gasteiger partial charge on any atom is -0.307 e. The Labute approximate surface area is 138 Å². The van der Waals surface area contributed by atoms with E-state index in [4.69, 9.17) is 0 Å². The summed E-state index contributed by atoms with van der Waals surface area (Å²) in [5.41, 5.74) is 2.71. The molecule has 2 nitrogen and oxygen atoms in total. The van der Waals surface area contributed by atoms with Crippen LogP contribution in [0.2, 0.25) is 0 Å². The standard InChI is InChI=1S/C18H19NOS2/c1-9-2-4-10(5-3-9)13-14-11-6-7-12(8-11)15(14)21-17-16(13)22-18(20)19-17/h2-5,11-15H,6-8H2,1H3,(H,19,20)/t11-,12-,13-,14+,15-/m0/s1. The lowest BCUT2D eigenvalue weighted by atomic mass is 9.75. The van der Waals surface area contributed by atoms with Crippen LogP contribution in [-0.4, -0.2) is 10.2 Å². The van der Waals surface area contributed by atoms with E-state index in [1.54, 1.807) is 0 Å². The zero-order chi connectivity index (χ0) is 14.8. The minimum absolute atomic E-state index is 0.113. The van der Waals surface area contributed by atoms with Gasteiger partial charge in [-0.25, -0.2) is 0 Å². The maximum Gasteiger partial charge on any atom is 0.305 e. The van der Waals surface area contributed by atoms with Crippen LogP contribution in [0.15, 0.2) is 34.1 Å². The number of hydrogen-bond acceptors (Lipinski definition) is 3. The average molecular weight is 329 g/mol. The Balaban J connectivity index is 1.68. The van der Waals surface area contributed by atoms with Crippen LogP contribution in [-0.2, 0) is 0 Å². The second-order valence-corrected chi connectivity index (χ2v) is 9.29. The molecule has 0 unspecified atom stereocenters. The van der Waals surface area contributed by atoms with E-state index in [-0.39, 0.29) is 4.87 Å². The summed E-state index contributed by atoms with van der Waals surface area (Å²) in [4.78, 5) is 16.5. The fourth-order valence-electron chi connectivity index (χ4n) is 5.00. The summed E-state index contributed by atoms with van der Waals surface area (Å²) in [6.45, 7) is 2.14. The third kappa shape index (κ3) is 1.83. The van der Waals surface area contributed by atoms with E-state index >= 15 is 0 Å². The zero-order valence-electron chi connectivity index (χ0n) is 12.5. The van der Waals surface area contributed by atoms with E-state index in [1.165, 1.54) is 46.6 Å². The SMILES string of the molecule is Cc1ccc([C@@H]2c3sc(=O)[nH]c3S[C@H]3[C@H]4CC[C@@H](C4)[C@H]23)cc1. The molecule has 3 aliphatic rings. The van der Waals surface area contributed by atoms with Crippen molar-refractivity contribution in [1.29, 1.82) is 0 Å². The van der Waals surface area contributed by atoms with E-state index in [9.17, 15) is 4.79 Å². The van der Waals surface area contributed by atoms with Crippen LogP contribution in [0.3, 0.4) is 0 Å². The monoisotopic (exact) mass is 329 g/mol. The Morgan fingerprint density at radius 2 is 1.91 bits per heavy atom. The number of rotatable bonds is 1. The van der Waals surface area contributed by atoms with Crippen molar-refractivity contribution >= 4 is 23.1 Å². The van der Waals surface area contributed by atoms with Crippen molar-refractivity contribution in [2.24, 2.45) is 17.8 Å². The van der Waals surface area contributed by atoms with Crippen molar-refractivity contribution < 1.29 is 0 Å². The number of fused-ring (bicyclic) bond motifs is 6. The number of benzene rings is 1. The molecule has 2 aliphatic carbocycles. The van der Waals surface area contributed by atoms with Crippen molar-refractivity contribution in [3.05, 3.63) is 49.9 Å². The van der Waals surface area contributed by atoms with Gasteiger partial charge in [-0.1, -0.05) is 41.2 Å². The van der Waals surface area contributed by atoms with Gasteiger partial charge >= 0.3 is 4.87 Å². The van der Waals surface area contributed by atoms with Crippen LogP contribution in [0.1, 0.15) is 41.2 Å². The van der Waals surface area contributed by atoms with Gasteiger partial charge < -0.3 is 4.98 Å². The van der Waals surface area contributed by atoms with Gasteiger partial charge in [0.15, 0.2) is 0 Å². The van der Waals surface area contributed by atoms with Crippen LogP contribution >= 0.6 is 23.1 Å². The number of aryl methyl sites for hydroxylation is 1. The van der Waals surface area contributed by atoms with E-state index < -0.39 is 0 Å². The number of aromatic amines is 1. The quantitative estimate of drug-likeness (QED) is 0.841.